The SMILES string of the molecule is Clc1ccccc1-c1cncn1CCC1CCCNC1. The monoisotopic (exact) mass is 289 g/mol. The summed E-state index contributed by atoms with van der Waals surface area (Å²) in [5, 5.41) is 4.26. The topological polar surface area (TPSA) is 29.9 Å². The number of hydrogen-bond acceptors (Lipinski definition) is 2. The molecule has 20 heavy (non-hydrogen) atoms. The molecule has 1 aliphatic heterocycles. The van der Waals surface area contributed by atoms with Crippen LogP contribution in [0.5, 0.6) is 0 Å². The third kappa shape index (κ3) is 3.05. The molecule has 0 spiro atoms. The molecule has 3 nitrogen and oxygen atoms in total. The fourth-order valence-corrected chi connectivity index (χ4v) is 3.12. The maximum atomic E-state index is 6.29. The van der Waals surface area contributed by atoms with Crippen molar-refractivity contribution >= 4 is 11.6 Å². The van der Waals surface area contributed by atoms with E-state index in [0.717, 1.165) is 35.3 Å². The van der Waals surface area contributed by atoms with Gasteiger partial charge in [0.25, 0.3) is 0 Å². The minimum absolute atomic E-state index is 0.783. The number of nitrogens with one attached hydrogen (secondary N) is 1. The van der Waals surface area contributed by atoms with Crippen molar-refractivity contribution in [3.8, 4) is 11.3 Å². The van der Waals surface area contributed by atoms with Crippen LogP contribution in [0.15, 0.2) is 36.8 Å². The van der Waals surface area contributed by atoms with Gasteiger partial charge in [-0.05, 0) is 44.3 Å². The maximum absolute atomic E-state index is 6.29. The lowest BCUT2D eigenvalue weighted by Crippen LogP contribution is -2.30. The van der Waals surface area contributed by atoms with E-state index < -0.39 is 0 Å². The van der Waals surface area contributed by atoms with Gasteiger partial charge in [-0.3, -0.25) is 0 Å². The number of aryl methyl sites for hydroxylation is 1. The molecule has 1 aromatic heterocycles. The molecule has 0 amide bonds. The van der Waals surface area contributed by atoms with Gasteiger partial charge >= 0.3 is 0 Å². The van der Waals surface area contributed by atoms with Gasteiger partial charge in [0.05, 0.1) is 18.2 Å². The Hall–Kier alpha value is -1.32. The Labute approximate surface area is 125 Å². The van der Waals surface area contributed by atoms with Gasteiger partial charge in [-0.1, -0.05) is 29.8 Å². The lowest BCUT2D eigenvalue weighted by molar-refractivity contribution is 0.342. The van der Waals surface area contributed by atoms with Crippen molar-refractivity contribution in [2.75, 3.05) is 13.1 Å². The summed E-state index contributed by atoms with van der Waals surface area (Å²) in [4.78, 5) is 4.29. The van der Waals surface area contributed by atoms with Crippen molar-refractivity contribution in [3.63, 3.8) is 0 Å². The molecular weight excluding hydrogens is 270 g/mol. The maximum Gasteiger partial charge on any atom is 0.0950 e. The molecule has 1 aromatic carbocycles. The molecule has 106 valence electrons. The van der Waals surface area contributed by atoms with Crippen LogP contribution in [0.3, 0.4) is 0 Å². The summed E-state index contributed by atoms with van der Waals surface area (Å²) in [6.07, 6.45) is 7.64. The number of imidazole rings is 1. The zero-order valence-corrected chi connectivity index (χ0v) is 12.3. The van der Waals surface area contributed by atoms with Gasteiger partial charge in [0.1, 0.15) is 0 Å². The van der Waals surface area contributed by atoms with Crippen LogP contribution in [0.1, 0.15) is 19.3 Å². The lowest BCUT2D eigenvalue weighted by atomic mass is 9.96. The number of benzene rings is 1. The predicted molar refractivity (Wildman–Crippen MR) is 82.9 cm³/mol. The number of halogens is 1. The lowest BCUT2D eigenvalue weighted by Gasteiger charge is -2.23. The van der Waals surface area contributed by atoms with E-state index in [9.17, 15) is 0 Å². The van der Waals surface area contributed by atoms with Gasteiger partial charge < -0.3 is 9.88 Å². The van der Waals surface area contributed by atoms with Gasteiger partial charge in [-0.25, -0.2) is 4.98 Å². The van der Waals surface area contributed by atoms with Crippen molar-refractivity contribution in [1.29, 1.82) is 0 Å². The molecule has 1 N–H and O–H groups in total. The summed E-state index contributed by atoms with van der Waals surface area (Å²) in [5.41, 5.74) is 2.17. The van der Waals surface area contributed by atoms with Crippen LogP contribution < -0.4 is 5.32 Å². The smallest absolute Gasteiger partial charge is 0.0950 e. The molecule has 1 unspecified atom stereocenters. The molecule has 4 heteroatoms. The summed E-state index contributed by atoms with van der Waals surface area (Å²) in [6.45, 7) is 3.33. The summed E-state index contributed by atoms with van der Waals surface area (Å²) >= 11 is 6.29. The minimum atomic E-state index is 0.783. The Balaban J connectivity index is 1.72. The first-order valence-corrected chi connectivity index (χ1v) is 7.68. The van der Waals surface area contributed by atoms with Gasteiger partial charge in [-0.15, -0.1) is 0 Å². The van der Waals surface area contributed by atoms with Crippen LogP contribution in [0.25, 0.3) is 11.3 Å². The van der Waals surface area contributed by atoms with Crippen molar-refractivity contribution in [1.82, 2.24) is 14.9 Å². The molecule has 1 saturated heterocycles. The molecular formula is C16H20ClN3. The minimum Gasteiger partial charge on any atom is -0.331 e. The van der Waals surface area contributed by atoms with Crippen LogP contribution in [0.4, 0.5) is 0 Å². The summed E-state index contributed by atoms with van der Waals surface area (Å²) in [5.74, 6) is 0.783. The average molecular weight is 290 g/mol. The standard InChI is InChI=1S/C16H20ClN3/c17-15-6-2-1-5-14(15)16-11-19-12-20(16)9-7-13-4-3-8-18-10-13/h1-2,5-6,11-13,18H,3-4,7-10H2. The van der Waals surface area contributed by atoms with Crippen molar-refractivity contribution in [3.05, 3.63) is 41.8 Å². The molecule has 1 aliphatic rings. The van der Waals surface area contributed by atoms with E-state index >= 15 is 0 Å². The largest absolute Gasteiger partial charge is 0.331 e. The molecule has 0 radical (unpaired) electrons. The van der Waals surface area contributed by atoms with Crippen LogP contribution in [0, 0.1) is 5.92 Å². The first-order chi connectivity index (χ1) is 9.84. The second-order valence-corrected chi connectivity index (χ2v) is 5.86. The van der Waals surface area contributed by atoms with E-state index in [1.54, 1.807) is 0 Å². The van der Waals surface area contributed by atoms with Gasteiger partial charge in [0, 0.05) is 17.1 Å². The van der Waals surface area contributed by atoms with Crippen LogP contribution >= 0.6 is 11.6 Å². The quantitative estimate of drug-likeness (QED) is 0.932. The van der Waals surface area contributed by atoms with Gasteiger partial charge in [-0.2, -0.15) is 0 Å². The molecule has 2 heterocycles. The fraction of sp³-hybridized carbons (Fsp3) is 0.438. The number of aromatic nitrogens is 2. The summed E-state index contributed by atoms with van der Waals surface area (Å²) < 4.78 is 2.22. The van der Waals surface area contributed by atoms with Crippen LogP contribution in [-0.2, 0) is 6.54 Å². The molecule has 0 aliphatic carbocycles. The highest BCUT2D eigenvalue weighted by Crippen LogP contribution is 2.27. The van der Waals surface area contributed by atoms with E-state index in [-0.39, 0.29) is 0 Å². The first-order valence-electron chi connectivity index (χ1n) is 7.30. The first kappa shape index (κ1) is 13.7. The van der Waals surface area contributed by atoms with Crippen molar-refractivity contribution in [2.45, 2.75) is 25.8 Å². The van der Waals surface area contributed by atoms with Crippen molar-refractivity contribution < 1.29 is 0 Å². The van der Waals surface area contributed by atoms with Gasteiger partial charge in [0.15, 0.2) is 0 Å². The normalized spacial score (nSPS) is 19.1. The van der Waals surface area contributed by atoms with E-state index in [1.165, 1.54) is 25.8 Å². The molecule has 3 rings (SSSR count). The third-order valence-corrected chi connectivity index (χ3v) is 4.37. The Morgan fingerprint density at radius 2 is 2.25 bits per heavy atom. The van der Waals surface area contributed by atoms with E-state index in [0.29, 0.717) is 0 Å². The number of nitrogens with zero attached hydrogens (tertiary/aromatic N) is 2. The fourth-order valence-electron chi connectivity index (χ4n) is 2.88. The zero-order valence-electron chi connectivity index (χ0n) is 11.6. The molecule has 1 atom stereocenters. The third-order valence-electron chi connectivity index (χ3n) is 4.04. The predicted octanol–water partition coefficient (Wildman–Crippen LogP) is 3.59. The number of hydrogen-bond donors (Lipinski definition) is 1. The highest BCUT2D eigenvalue weighted by Gasteiger charge is 2.14. The second kappa shape index (κ2) is 6.42. The molecule has 0 saturated carbocycles. The summed E-state index contributed by atoms with van der Waals surface area (Å²) in [7, 11) is 0. The van der Waals surface area contributed by atoms with Crippen LogP contribution in [-0.4, -0.2) is 22.6 Å². The van der Waals surface area contributed by atoms with Gasteiger partial charge in [0.2, 0.25) is 0 Å². The molecule has 2 aromatic rings. The summed E-state index contributed by atoms with van der Waals surface area (Å²) in [6, 6.07) is 7.96. The van der Waals surface area contributed by atoms with Crippen molar-refractivity contribution in [2.24, 2.45) is 5.92 Å². The van der Waals surface area contributed by atoms with E-state index in [2.05, 4.69) is 20.9 Å². The molecule has 1 fully saturated rings. The Bertz CT molecular complexity index is 558. The highest BCUT2D eigenvalue weighted by atomic mass is 35.5. The Morgan fingerprint density at radius 3 is 3.05 bits per heavy atom. The second-order valence-electron chi connectivity index (χ2n) is 5.45. The van der Waals surface area contributed by atoms with E-state index in [4.69, 9.17) is 11.6 Å². The van der Waals surface area contributed by atoms with E-state index in [1.807, 2.05) is 30.7 Å². The zero-order chi connectivity index (χ0) is 13.8. The average Bonchev–Trinajstić information content (AvgIpc) is 2.95. The number of rotatable bonds is 4. The van der Waals surface area contributed by atoms with Crippen LogP contribution in [0.2, 0.25) is 5.02 Å². The highest BCUT2D eigenvalue weighted by molar-refractivity contribution is 6.33. The molecule has 0 bridgehead atoms. The Morgan fingerprint density at radius 1 is 1.35 bits per heavy atom. The number of piperidine rings is 1. The Kier molecular flexibility index (Phi) is 4.38.